The fourth-order valence-electron chi connectivity index (χ4n) is 3.20. The van der Waals surface area contributed by atoms with Gasteiger partial charge in [0.25, 0.3) is 0 Å². The molecule has 28 heavy (non-hydrogen) atoms. The van der Waals surface area contributed by atoms with Crippen LogP contribution in [0.25, 0.3) is 5.70 Å². The van der Waals surface area contributed by atoms with Crippen molar-refractivity contribution in [2.75, 3.05) is 0 Å². The zero-order chi connectivity index (χ0) is 21.1. The van der Waals surface area contributed by atoms with Crippen molar-refractivity contribution in [3.05, 3.63) is 87.6 Å². The van der Waals surface area contributed by atoms with Crippen molar-refractivity contribution in [1.82, 2.24) is 5.32 Å². The maximum Gasteiger partial charge on any atom is 0.416 e. The van der Waals surface area contributed by atoms with Gasteiger partial charge in [-0.2, -0.15) is 13.2 Å². The normalized spacial score (nSPS) is 11.3. The van der Waals surface area contributed by atoms with Crippen LogP contribution in [0.15, 0.2) is 54.2 Å². The molecule has 0 bridgehead atoms. The molecule has 0 spiro atoms. The Kier molecular flexibility index (Phi) is 6.76. The van der Waals surface area contributed by atoms with Crippen molar-refractivity contribution >= 4 is 5.70 Å². The molecule has 1 N–H and O–H groups in total. The topological polar surface area (TPSA) is 12.0 Å². The van der Waals surface area contributed by atoms with Gasteiger partial charge in [0.1, 0.15) is 0 Å². The predicted molar refractivity (Wildman–Crippen MR) is 111 cm³/mol. The van der Waals surface area contributed by atoms with Gasteiger partial charge in [0, 0.05) is 11.4 Å². The molecule has 0 aliphatic heterocycles. The number of halogens is 3. The highest BCUT2D eigenvalue weighted by molar-refractivity contribution is 5.63. The van der Waals surface area contributed by atoms with Crippen molar-refractivity contribution in [2.45, 2.75) is 53.6 Å². The SMILES string of the molecule is C=C(NC(CCc1c(C)ccc(C)c1C)=C(C)C)c1ccc(C(F)(F)F)cc1. The lowest BCUT2D eigenvalue weighted by Gasteiger charge is -2.18. The van der Waals surface area contributed by atoms with Crippen LogP contribution in [0.3, 0.4) is 0 Å². The number of alkyl halides is 3. The van der Waals surface area contributed by atoms with Crippen LogP contribution in [0.5, 0.6) is 0 Å². The van der Waals surface area contributed by atoms with Gasteiger partial charge in [-0.15, -0.1) is 0 Å². The van der Waals surface area contributed by atoms with Crippen molar-refractivity contribution in [3.8, 4) is 0 Å². The second-order valence-electron chi connectivity index (χ2n) is 7.46. The van der Waals surface area contributed by atoms with Gasteiger partial charge in [-0.1, -0.05) is 36.4 Å². The standard InChI is InChI=1S/C24H28F3N/c1-15(2)23(14-13-22-17(4)8-7-16(3)18(22)5)28-19(6)20-9-11-21(12-10-20)24(25,26)27/h7-12,28H,6,13-14H2,1-5H3. The summed E-state index contributed by atoms with van der Waals surface area (Å²) in [5.74, 6) is 0. The molecule has 2 aromatic carbocycles. The molecule has 0 heterocycles. The third-order valence-corrected chi connectivity index (χ3v) is 5.19. The first-order chi connectivity index (χ1) is 13.0. The molecule has 0 unspecified atom stereocenters. The first kappa shape index (κ1) is 21.8. The Hall–Kier alpha value is -2.49. The van der Waals surface area contributed by atoms with E-state index < -0.39 is 11.7 Å². The maximum atomic E-state index is 12.7. The lowest BCUT2D eigenvalue weighted by atomic mass is 9.94. The van der Waals surface area contributed by atoms with E-state index in [0.717, 1.165) is 36.2 Å². The molecule has 2 rings (SSSR count). The molecule has 0 aromatic heterocycles. The molecule has 0 atom stereocenters. The third kappa shape index (κ3) is 5.28. The molecule has 1 nitrogen and oxygen atoms in total. The number of nitrogens with one attached hydrogen (secondary N) is 1. The van der Waals surface area contributed by atoms with E-state index in [2.05, 4.69) is 44.8 Å². The molecule has 2 aromatic rings. The van der Waals surface area contributed by atoms with E-state index in [4.69, 9.17) is 0 Å². The summed E-state index contributed by atoms with van der Waals surface area (Å²) in [7, 11) is 0. The summed E-state index contributed by atoms with van der Waals surface area (Å²) >= 11 is 0. The Morgan fingerprint density at radius 1 is 0.929 bits per heavy atom. The molecule has 0 amide bonds. The Labute approximate surface area is 166 Å². The fourth-order valence-corrected chi connectivity index (χ4v) is 3.20. The van der Waals surface area contributed by atoms with Crippen molar-refractivity contribution < 1.29 is 13.2 Å². The van der Waals surface area contributed by atoms with E-state index in [1.54, 1.807) is 0 Å². The summed E-state index contributed by atoms with van der Waals surface area (Å²) in [4.78, 5) is 0. The highest BCUT2D eigenvalue weighted by Gasteiger charge is 2.30. The summed E-state index contributed by atoms with van der Waals surface area (Å²) in [6.45, 7) is 14.5. The maximum absolute atomic E-state index is 12.7. The highest BCUT2D eigenvalue weighted by Crippen LogP contribution is 2.30. The smallest absolute Gasteiger partial charge is 0.359 e. The molecule has 0 aliphatic carbocycles. The predicted octanol–water partition coefficient (Wildman–Crippen LogP) is 7.12. The van der Waals surface area contributed by atoms with Gasteiger partial charge in [0.15, 0.2) is 0 Å². The van der Waals surface area contributed by atoms with E-state index in [1.165, 1.54) is 34.4 Å². The molecule has 0 saturated heterocycles. The zero-order valence-electron chi connectivity index (χ0n) is 17.2. The minimum absolute atomic E-state index is 0.600. The van der Waals surface area contributed by atoms with Crippen molar-refractivity contribution in [3.63, 3.8) is 0 Å². The number of benzene rings is 2. The largest absolute Gasteiger partial charge is 0.416 e. The van der Waals surface area contributed by atoms with Gasteiger partial charge in [0.05, 0.1) is 5.56 Å². The second kappa shape index (κ2) is 8.68. The number of hydrogen-bond acceptors (Lipinski definition) is 1. The van der Waals surface area contributed by atoms with Crippen LogP contribution in [0.2, 0.25) is 0 Å². The second-order valence-corrected chi connectivity index (χ2v) is 7.46. The van der Waals surface area contributed by atoms with Gasteiger partial charge >= 0.3 is 6.18 Å². The van der Waals surface area contributed by atoms with Crippen LogP contribution in [0, 0.1) is 20.8 Å². The minimum Gasteiger partial charge on any atom is -0.359 e. The lowest BCUT2D eigenvalue weighted by Crippen LogP contribution is -2.14. The van der Waals surface area contributed by atoms with Crippen LogP contribution in [-0.4, -0.2) is 0 Å². The monoisotopic (exact) mass is 387 g/mol. The van der Waals surface area contributed by atoms with Crippen LogP contribution in [-0.2, 0) is 12.6 Å². The molecule has 0 aliphatic rings. The summed E-state index contributed by atoms with van der Waals surface area (Å²) in [6.07, 6.45) is -2.62. The van der Waals surface area contributed by atoms with Gasteiger partial charge in [-0.3, -0.25) is 0 Å². The van der Waals surface area contributed by atoms with Gasteiger partial charge < -0.3 is 5.32 Å². The molecular weight excluding hydrogens is 359 g/mol. The van der Waals surface area contributed by atoms with E-state index in [1.807, 2.05) is 13.8 Å². The van der Waals surface area contributed by atoms with E-state index in [0.29, 0.717) is 11.3 Å². The van der Waals surface area contributed by atoms with E-state index >= 15 is 0 Å². The summed E-state index contributed by atoms with van der Waals surface area (Å²) in [6, 6.07) is 9.37. The minimum atomic E-state index is -4.33. The molecular formula is C24H28F3N. The number of hydrogen-bond donors (Lipinski definition) is 1. The Morgan fingerprint density at radius 3 is 2.04 bits per heavy atom. The van der Waals surface area contributed by atoms with Gasteiger partial charge in [-0.05, 0) is 87.4 Å². The van der Waals surface area contributed by atoms with Crippen LogP contribution in [0.4, 0.5) is 13.2 Å². The zero-order valence-corrected chi connectivity index (χ0v) is 17.2. The summed E-state index contributed by atoms with van der Waals surface area (Å²) in [5, 5.41) is 3.32. The molecule has 4 heteroatoms. The average molecular weight is 387 g/mol. The fraction of sp³-hybridized carbons (Fsp3) is 0.333. The Balaban J connectivity index is 2.13. The number of allylic oxidation sites excluding steroid dienone is 2. The van der Waals surface area contributed by atoms with Crippen LogP contribution in [0.1, 0.15) is 53.6 Å². The molecule has 0 radical (unpaired) electrons. The summed E-state index contributed by atoms with van der Waals surface area (Å²) < 4.78 is 38.2. The quantitative estimate of drug-likeness (QED) is 0.556. The molecule has 0 saturated carbocycles. The van der Waals surface area contributed by atoms with E-state index in [-0.39, 0.29) is 0 Å². The molecule has 0 fully saturated rings. The lowest BCUT2D eigenvalue weighted by molar-refractivity contribution is -0.137. The van der Waals surface area contributed by atoms with Gasteiger partial charge in [-0.25, -0.2) is 0 Å². The van der Waals surface area contributed by atoms with Crippen molar-refractivity contribution in [2.24, 2.45) is 0 Å². The third-order valence-electron chi connectivity index (χ3n) is 5.19. The number of aryl methyl sites for hydroxylation is 2. The number of rotatable bonds is 6. The highest BCUT2D eigenvalue weighted by atomic mass is 19.4. The first-order valence-corrected chi connectivity index (χ1v) is 9.36. The Morgan fingerprint density at radius 2 is 1.50 bits per heavy atom. The summed E-state index contributed by atoms with van der Waals surface area (Å²) in [5.41, 5.74) is 7.99. The molecule has 150 valence electrons. The van der Waals surface area contributed by atoms with E-state index in [9.17, 15) is 13.2 Å². The Bertz CT molecular complexity index is 883. The van der Waals surface area contributed by atoms with Gasteiger partial charge in [0.2, 0.25) is 0 Å². The van der Waals surface area contributed by atoms with Crippen LogP contribution >= 0.6 is 0 Å². The van der Waals surface area contributed by atoms with Crippen molar-refractivity contribution in [1.29, 1.82) is 0 Å². The van der Waals surface area contributed by atoms with Crippen LogP contribution < -0.4 is 5.32 Å². The first-order valence-electron chi connectivity index (χ1n) is 9.36. The average Bonchev–Trinajstić information content (AvgIpc) is 2.63.